The zero-order valence-electron chi connectivity index (χ0n) is 11.1. The molecule has 1 fully saturated rings. The van der Waals surface area contributed by atoms with Crippen molar-refractivity contribution in [1.82, 2.24) is 0 Å². The Hall–Kier alpha value is -1.53. The van der Waals surface area contributed by atoms with Crippen LogP contribution < -0.4 is 4.90 Å². The van der Waals surface area contributed by atoms with Gasteiger partial charge in [-0.1, -0.05) is 25.0 Å². The largest absolute Gasteiger partial charge is 0.388 e. The van der Waals surface area contributed by atoms with E-state index in [1.165, 1.54) is 0 Å². The number of nitriles is 1. The van der Waals surface area contributed by atoms with Gasteiger partial charge in [-0.15, -0.1) is 0 Å². The number of para-hydroxylation sites is 1. The zero-order chi connectivity index (χ0) is 13.2. The van der Waals surface area contributed by atoms with E-state index in [4.69, 9.17) is 0 Å². The summed E-state index contributed by atoms with van der Waals surface area (Å²) >= 11 is 0. The molecule has 3 nitrogen and oxygen atoms in total. The number of hydrogen-bond acceptors (Lipinski definition) is 3. The van der Waals surface area contributed by atoms with E-state index >= 15 is 0 Å². The normalized spacial score (nSPS) is 17.4. The van der Waals surface area contributed by atoms with Crippen molar-refractivity contribution < 1.29 is 5.11 Å². The molecule has 2 rings (SSSR count). The minimum absolute atomic E-state index is 0.580. The van der Waals surface area contributed by atoms with Gasteiger partial charge in [0.25, 0.3) is 0 Å². The second-order valence-electron chi connectivity index (χ2n) is 5.37. The van der Waals surface area contributed by atoms with Crippen molar-refractivity contribution in [2.24, 2.45) is 0 Å². The van der Waals surface area contributed by atoms with E-state index in [-0.39, 0.29) is 0 Å². The Balaban J connectivity index is 2.24. The number of nitrogens with zero attached hydrogens (tertiary/aromatic N) is 2. The van der Waals surface area contributed by atoms with Crippen LogP contribution in [0, 0.1) is 18.3 Å². The highest BCUT2D eigenvalue weighted by molar-refractivity contribution is 5.63. The van der Waals surface area contributed by atoms with Gasteiger partial charge >= 0.3 is 0 Å². The van der Waals surface area contributed by atoms with Crippen LogP contribution in [0.4, 0.5) is 5.69 Å². The summed E-state index contributed by atoms with van der Waals surface area (Å²) < 4.78 is 0. The highest BCUT2D eigenvalue weighted by Crippen LogP contribution is 2.32. The Morgan fingerprint density at radius 3 is 2.67 bits per heavy atom. The third kappa shape index (κ3) is 2.49. The Bertz CT molecular complexity index is 470. The Morgan fingerprint density at radius 2 is 2.06 bits per heavy atom. The van der Waals surface area contributed by atoms with Crippen LogP contribution >= 0.6 is 0 Å². The predicted molar refractivity (Wildman–Crippen MR) is 72.6 cm³/mol. The molecule has 0 amide bonds. The van der Waals surface area contributed by atoms with Crippen LogP contribution in [0.15, 0.2) is 18.2 Å². The van der Waals surface area contributed by atoms with Crippen LogP contribution in [0.5, 0.6) is 0 Å². The van der Waals surface area contributed by atoms with Crippen LogP contribution in [0.3, 0.4) is 0 Å². The Labute approximate surface area is 109 Å². The number of hydrogen-bond donors (Lipinski definition) is 1. The molecule has 1 aromatic rings. The number of likely N-dealkylation sites (N-methyl/N-ethyl adjacent to an activating group) is 1. The highest BCUT2D eigenvalue weighted by atomic mass is 16.3. The van der Waals surface area contributed by atoms with E-state index in [9.17, 15) is 10.4 Å². The van der Waals surface area contributed by atoms with E-state index in [1.54, 1.807) is 0 Å². The molecule has 0 radical (unpaired) electrons. The van der Waals surface area contributed by atoms with Gasteiger partial charge in [0.05, 0.1) is 16.9 Å². The molecule has 1 aliphatic rings. The molecule has 0 aromatic heterocycles. The SMILES string of the molecule is Cc1cccc(C#N)c1N(C)CC1(O)CCCC1. The monoisotopic (exact) mass is 244 g/mol. The molecule has 1 aliphatic carbocycles. The van der Waals surface area contributed by atoms with E-state index in [0.717, 1.165) is 36.9 Å². The van der Waals surface area contributed by atoms with Gasteiger partial charge in [0.2, 0.25) is 0 Å². The first-order valence-electron chi connectivity index (χ1n) is 6.49. The lowest BCUT2D eigenvalue weighted by Gasteiger charge is -2.31. The van der Waals surface area contributed by atoms with E-state index in [2.05, 4.69) is 6.07 Å². The zero-order valence-corrected chi connectivity index (χ0v) is 11.1. The fourth-order valence-corrected chi connectivity index (χ4v) is 2.97. The quantitative estimate of drug-likeness (QED) is 0.889. The minimum atomic E-state index is -0.580. The predicted octanol–water partition coefficient (Wildman–Crippen LogP) is 2.61. The second kappa shape index (κ2) is 4.99. The van der Waals surface area contributed by atoms with Crippen LogP contribution in [0.25, 0.3) is 0 Å². The number of benzene rings is 1. The molecule has 0 spiro atoms. The lowest BCUT2D eigenvalue weighted by molar-refractivity contribution is 0.0559. The Morgan fingerprint density at radius 1 is 1.39 bits per heavy atom. The van der Waals surface area contributed by atoms with Gasteiger partial charge in [0, 0.05) is 13.6 Å². The van der Waals surface area contributed by atoms with Crippen molar-refractivity contribution in [3.8, 4) is 6.07 Å². The molecule has 0 heterocycles. The first-order chi connectivity index (χ1) is 8.56. The topological polar surface area (TPSA) is 47.3 Å². The molecule has 1 aromatic carbocycles. The molecular formula is C15H20N2O. The van der Waals surface area contributed by atoms with E-state index in [0.29, 0.717) is 12.1 Å². The molecule has 3 heteroatoms. The summed E-state index contributed by atoms with van der Waals surface area (Å²) in [6.45, 7) is 2.61. The number of aryl methyl sites for hydroxylation is 1. The van der Waals surface area contributed by atoms with Gasteiger partial charge in [-0.25, -0.2) is 0 Å². The van der Waals surface area contributed by atoms with Crippen molar-refractivity contribution in [2.45, 2.75) is 38.2 Å². The number of rotatable bonds is 3. The van der Waals surface area contributed by atoms with E-state index < -0.39 is 5.60 Å². The molecule has 18 heavy (non-hydrogen) atoms. The fourth-order valence-electron chi connectivity index (χ4n) is 2.97. The summed E-state index contributed by atoms with van der Waals surface area (Å²) in [5, 5.41) is 19.6. The molecule has 0 saturated heterocycles. The van der Waals surface area contributed by atoms with Crippen molar-refractivity contribution in [3.05, 3.63) is 29.3 Å². The summed E-state index contributed by atoms with van der Waals surface area (Å²) in [5.74, 6) is 0. The fraction of sp³-hybridized carbons (Fsp3) is 0.533. The van der Waals surface area contributed by atoms with Gasteiger partial charge in [0.1, 0.15) is 6.07 Å². The minimum Gasteiger partial charge on any atom is -0.388 e. The average molecular weight is 244 g/mol. The van der Waals surface area contributed by atoms with Crippen molar-refractivity contribution in [2.75, 3.05) is 18.5 Å². The number of aliphatic hydroxyl groups is 1. The lowest BCUT2D eigenvalue weighted by Crippen LogP contribution is -2.39. The van der Waals surface area contributed by atoms with E-state index in [1.807, 2.05) is 37.1 Å². The third-order valence-corrected chi connectivity index (χ3v) is 3.81. The summed E-state index contributed by atoms with van der Waals surface area (Å²) in [7, 11) is 1.96. The van der Waals surface area contributed by atoms with Gasteiger partial charge < -0.3 is 10.0 Å². The molecule has 1 N–H and O–H groups in total. The van der Waals surface area contributed by atoms with Gasteiger partial charge in [-0.3, -0.25) is 0 Å². The molecule has 0 aliphatic heterocycles. The number of anilines is 1. The molecule has 0 bridgehead atoms. The maximum absolute atomic E-state index is 10.5. The van der Waals surface area contributed by atoms with Crippen molar-refractivity contribution >= 4 is 5.69 Å². The van der Waals surface area contributed by atoms with Gasteiger partial charge in [-0.2, -0.15) is 5.26 Å². The Kier molecular flexibility index (Phi) is 3.58. The first-order valence-corrected chi connectivity index (χ1v) is 6.49. The van der Waals surface area contributed by atoms with Gasteiger partial charge in [-0.05, 0) is 31.4 Å². The summed E-state index contributed by atoms with van der Waals surface area (Å²) in [6, 6.07) is 7.97. The summed E-state index contributed by atoms with van der Waals surface area (Å²) in [4.78, 5) is 2.03. The smallest absolute Gasteiger partial charge is 0.101 e. The highest BCUT2D eigenvalue weighted by Gasteiger charge is 2.32. The van der Waals surface area contributed by atoms with Gasteiger partial charge in [0.15, 0.2) is 0 Å². The van der Waals surface area contributed by atoms with Crippen LogP contribution in [0.1, 0.15) is 36.8 Å². The van der Waals surface area contributed by atoms with Crippen LogP contribution in [-0.4, -0.2) is 24.3 Å². The van der Waals surface area contributed by atoms with Crippen molar-refractivity contribution in [3.63, 3.8) is 0 Å². The molecule has 0 atom stereocenters. The molecule has 1 saturated carbocycles. The second-order valence-corrected chi connectivity index (χ2v) is 5.37. The first kappa shape index (κ1) is 12.9. The maximum Gasteiger partial charge on any atom is 0.101 e. The lowest BCUT2D eigenvalue weighted by atomic mass is 10.0. The van der Waals surface area contributed by atoms with Crippen LogP contribution in [0.2, 0.25) is 0 Å². The maximum atomic E-state index is 10.5. The third-order valence-electron chi connectivity index (χ3n) is 3.81. The molecular weight excluding hydrogens is 224 g/mol. The molecule has 96 valence electrons. The van der Waals surface area contributed by atoms with Crippen LogP contribution in [-0.2, 0) is 0 Å². The average Bonchev–Trinajstić information content (AvgIpc) is 2.75. The molecule has 0 unspecified atom stereocenters. The standard InChI is InChI=1S/C15H20N2O/c1-12-6-5-7-13(10-16)14(12)17(2)11-15(18)8-3-4-9-15/h5-7,18H,3-4,8-9,11H2,1-2H3. The van der Waals surface area contributed by atoms with Crippen molar-refractivity contribution in [1.29, 1.82) is 5.26 Å². The summed E-state index contributed by atoms with van der Waals surface area (Å²) in [6.07, 6.45) is 3.93. The summed E-state index contributed by atoms with van der Waals surface area (Å²) in [5.41, 5.74) is 2.13.